The number of hydrogen-bond acceptors (Lipinski definition) is 6. The average Bonchev–Trinajstić information content (AvgIpc) is 3.08. The van der Waals surface area contributed by atoms with E-state index in [0.29, 0.717) is 29.9 Å². The first-order valence-corrected chi connectivity index (χ1v) is 11.4. The highest BCUT2D eigenvalue weighted by atomic mass is 32.2. The largest absolute Gasteiger partial charge is 0.322 e. The number of carbonyl (C=O) groups is 1. The molecule has 1 aliphatic heterocycles. The van der Waals surface area contributed by atoms with Crippen LogP contribution in [-0.2, 0) is 10.0 Å². The molecule has 0 unspecified atom stereocenters. The lowest BCUT2D eigenvalue weighted by Crippen LogP contribution is -2.25. The Balaban J connectivity index is 1.45. The molecule has 4 rings (SSSR count). The first-order chi connectivity index (χ1) is 14.0. The minimum Gasteiger partial charge on any atom is -0.322 e. The van der Waals surface area contributed by atoms with Crippen molar-refractivity contribution in [3.63, 3.8) is 0 Å². The van der Waals surface area contributed by atoms with Crippen molar-refractivity contribution in [1.29, 1.82) is 0 Å². The Morgan fingerprint density at radius 3 is 2.48 bits per heavy atom. The fraction of sp³-hybridized carbons (Fsp3) is 0.150. The molecule has 1 saturated heterocycles. The number of anilines is 2. The van der Waals surface area contributed by atoms with Gasteiger partial charge in [0.1, 0.15) is 10.1 Å². The second-order valence-electron chi connectivity index (χ2n) is 6.40. The van der Waals surface area contributed by atoms with Crippen LogP contribution in [0, 0.1) is 0 Å². The number of sulfonamides is 1. The van der Waals surface area contributed by atoms with E-state index in [4.69, 9.17) is 0 Å². The van der Waals surface area contributed by atoms with Crippen molar-refractivity contribution in [3.05, 3.63) is 72.6 Å². The molecule has 1 aliphatic rings. The number of hydrogen-bond donors (Lipinski definition) is 1. The lowest BCUT2D eigenvalue weighted by atomic mass is 10.2. The van der Waals surface area contributed by atoms with E-state index in [1.54, 1.807) is 48.8 Å². The van der Waals surface area contributed by atoms with Crippen LogP contribution in [0.2, 0.25) is 0 Å². The molecule has 0 saturated carbocycles. The quantitative estimate of drug-likeness (QED) is 0.672. The van der Waals surface area contributed by atoms with Crippen molar-refractivity contribution in [2.75, 3.05) is 21.9 Å². The van der Waals surface area contributed by atoms with Crippen molar-refractivity contribution >= 4 is 39.1 Å². The van der Waals surface area contributed by atoms with Gasteiger partial charge in [0.05, 0.1) is 11.4 Å². The van der Waals surface area contributed by atoms with Crippen LogP contribution in [-0.4, -0.2) is 36.6 Å². The highest BCUT2D eigenvalue weighted by Gasteiger charge is 2.28. The zero-order chi connectivity index (χ0) is 20.3. The molecule has 3 heterocycles. The minimum absolute atomic E-state index is 0.163. The van der Waals surface area contributed by atoms with Crippen LogP contribution in [0.5, 0.6) is 0 Å². The molecule has 0 aliphatic carbocycles. The van der Waals surface area contributed by atoms with Crippen molar-refractivity contribution in [1.82, 2.24) is 9.97 Å². The summed E-state index contributed by atoms with van der Waals surface area (Å²) in [7, 11) is -3.23. The van der Waals surface area contributed by atoms with Crippen molar-refractivity contribution in [3.8, 4) is 0 Å². The minimum atomic E-state index is -3.23. The van der Waals surface area contributed by atoms with Crippen LogP contribution >= 0.6 is 11.8 Å². The van der Waals surface area contributed by atoms with E-state index in [1.165, 1.54) is 16.1 Å². The maximum Gasteiger partial charge on any atom is 0.255 e. The number of pyridine rings is 2. The van der Waals surface area contributed by atoms with E-state index in [9.17, 15) is 13.2 Å². The molecule has 9 heteroatoms. The molecule has 7 nitrogen and oxygen atoms in total. The topological polar surface area (TPSA) is 92.3 Å². The van der Waals surface area contributed by atoms with Crippen molar-refractivity contribution < 1.29 is 13.2 Å². The number of amides is 1. The Kier molecular flexibility index (Phi) is 5.50. The molecule has 0 atom stereocenters. The summed E-state index contributed by atoms with van der Waals surface area (Å²) in [6, 6.07) is 15.7. The van der Waals surface area contributed by atoms with E-state index in [0.717, 1.165) is 10.1 Å². The van der Waals surface area contributed by atoms with E-state index >= 15 is 0 Å². The summed E-state index contributed by atoms with van der Waals surface area (Å²) < 4.78 is 25.4. The molecule has 1 aromatic carbocycles. The van der Waals surface area contributed by atoms with Gasteiger partial charge < -0.3 is 5.32 Å². The zero-order valence-electron chi connectivity index (χ0n) is 15.4. The molecule has 0 radical (unpaired) electrons. The lowest BCUT2D eigenvalue weighted by molar-refractivity contribution is 0.102. The van der Waals surface area contributed by atoms with Crippen LogP contribution in [0.25, 0.3) is 0 Å². The standard InChI is InChI=1S/C20H18N4O3S2/c25-20(15-5-7-17(8-6-15)24-12-3-13-29(24,26)27)23-16-9-11-22-19(14-16)28-18-4-1-2-10-21-18/h1-2,4-11,14H,3,12-13H2,(H,22,23,25). The van der Waals surface area contributed by atoms with Crippen molar-refractivity contribution in [2.45, 2.75) is 16.5 Å². The molecule has 29 heavy (non-hydrogen) atoms. The predicted molar refractivity (Wildman–Crippen MR) is 113 cm³/mol. The Labute approximate surface area is 173 Å². The summed E-state index contributed by atoms with van der Waals surface area (Å²) in [4.78, 5) is 21.1. The Morgan fingerprint density at radius 1 is 1.00 bits per heavy atom. The maximum atomic E-state index is 12.6. The summed E-state index contributed by atoms with van der Waals surface area (Å²) in [6.45, 7) is 0.474. The number of carbonyl (C=O) groups excluding carboxylic acids is 1. The summed E-state index contributed by atoms with van der Waals surface area (Å²) in [6.07, 6.45) is 3.96. The van der Waals surface area contributed by atoms with Crippen LogP contribution in [0.4, 0.5) is 11.4 Å². The number of rotatable bonds is 5. The summed E-state index contributed by atoms with van der Waals surface area (Å²) in [5, 5.41) is 4.38. The van der Waals surface area contributed by atoms with Gasteiger partial charge in [-0.15, -0.1) is 0 Å². The molecule has 0 bridgehead atoms. The lowest BCUT2D eigenvalue weighted by Gasteiger charge is -2.17. The second-order valence-corrected chi connectivity index (χ2v) is 9.45. The first-order valence-electron chi connectivity index (χ1n) is 8.98. The van der Waals surface area contributed by atoms with Gasteiger partial charge in [0.25, 0.3) is 5.91 Å². The third-order valence-electron chi connectivity index (χ3n) is 4.36. The van der Waals surface area contributed by atoms with Gasteiger partial charge in [0.15, 0.2) is 0 Å². The van der Waals surface area contributed by atoms with Crippen LogP contribution in [0.15, 0.2) is 77.0 Å². The number of nitrogens with one attached hydrogen (secondary N) is 1. The van der Waals surface area contributed by atoms with E-state index in [1.807, 2.05) is 18.2 Å². The first kappa shape index (κ1) is 19.4. The predicted octanol–water partition coefficient (Wildman–Crippen LogP) is 3.42. The van der Waals surface area contributed by atoms with Gasteiger partial charge in [-0.25, -0.2) is 18.4 Å². The van der Waals surface area contributed by atoms with Gasteiger partial charge in [-0.1, -0.05) is 17.8 Å². The highest BCUT2D eigenvalue weighted by molar-refractivity contribution is 7.99. The highest BCUT2D eigenvalue weighted by Crippen LogP contribution is 2.26. The Bertz CT molecular complexity index is 1120. The smallest absolute Gasteiger partial charge is 0.255 e. The Hall–Kier alpha value is -2.91. The van der Waals surface area contributed by atoms with Gasteiger partial charge in [-0.3, -0.25) is 9.10 Å². The van der Waals surface area contributed by atoms with Gasteiger partial charge in [-0.2, -0.15) is 0 Å². The van der Waals surface area contributed by atoms with E-state index < -0.39 is 10.0 Å². The van der Waals surface area contributed by atoms with Gasteiger partial charge >= 0.3 is 0 Å². The van der Waals surface area contributed by atoms with Gasteiger partial charge in [0.2, 0.25) is 10.0 Å². The van der Waals surface area contributed by atoms with Crippen LogP contribution < -0.4 is 9.62 Å². The third-order valence-corrected chi connectivity index (χ3v) is 7.11. The number of nitrogens with zero attached hydrogens (tertiary/aromatic N) is 3. The van der Waals surface area contributed by atoms with Gasteiger partial charge in [-0.05, 0) is 55.0 Å². The van der Waals surface area contributed by atoms with Gasteiger partial charge in [0, 0.05) is 30.2 Å². The molecule has 1 N–H and O–H groups in total. The maximum absolute atomic E-state index is 12.6. The summed E-state index contributed by atoms with van der Waals surface area (Å²) in [5.74, 6) is -0.114. The fourth-order valence-corrected chi connectivity index (χ4v) is 5.31. The van der Waals surface area contributed by atoms with Crippen molar-refractivity contribution in [2.24, 2.45) is 0 Å². The van der Waals surface area contributed by atoms with Crippen LogP contribution in [0.1, 0.15) is 16.8 Å². The molecule has 3 aromatic rings. The van der Waals surface area contributed by atoms with E-state index in [2.05, 4.69) is 15.3 Å². The Morgan fingerprint density at radius 2 is 1.79 bits per heavy atom. The molecule has 0 spiro atoms. The number of benzene rings is 1. The zero-order valence-corrected chi connectivity index (χ0v) is 17.0. The van der Waals surface area contributed by atoms with E-state index in [-0.39, 0.29) is 11.7 Å². The summed E-state index contributed by atoms with van der Waals surface area (Å²) in [5.41, 5.74) is 1.65. The molecule has 2 aromatic heterocycles. The summed E-state index contributed by atoms with van der Waals surface area (Å²) >= 11 is 1.40. The number of aromatic nitrogens is 2. The SMILES string of the molecule is O=C(Nc1ccnc(Sc2ccccn2)c1)c1ccc(N2CCCS2(=O)=O)cc1. The molecule has 1 fully saturated rings. The monoisotopic (exact) mass is 426 g/mol. The second kappa shape index (κ2) is 8.22. The molecular weight excluding hydrogens is 408 g/mol. The average molecular weight is 427 g/mol. The fourth-order valence-electron chi connectivity index (χ4n) is 2.97. The molecular formula is C20H18N4O3S2. The third kappa shape index (κ3) is 4.57. The van der Waals surface area contributed by atoms with Crippen LogP contribution in [0.3, 0.4) is 0 Å². The molecule has 1 amide bonds. The molecule has 148 valence electrons. The normalized spacial score (nSPS) is 15.2.